The van der Waals surface area contributed by atoms with Crippen molar-refractivity contribution in [3.63, 3.8) is 0 Å². The zero-order chi connectivity index (χ0) is 14.7. The molecule has 0 fully saturated rings. The number of hydrogen-bond acceptors (Lipinski definition) is 5. The van der Waals surface area contributed by atoms with Gasteiger partial charge in [-0.15, -0.1) is 0 Å². The molecule has 0 aliphatic heterocycles. The second-order valence-electron chi connectivity index (χ2n) is 5.86. The number of rotatable bonds is 6. The second kappa shape index (κ2) is 5.74. The Labute approximate surface area is 115 Å². The minimum atomic E-state index is -0.860. The van der Waals surface area contributed by atoms with E-state index in [1.807, 2.05) is 20.9 Å². The highest BCUT2D eigenvalue weighted by atomic mass is 16.3. The van der Waals surface area contributed by atoms with Crippen LogP contribution in [0.2, 0.25) is 0 Å². The number of aromatic nitrogens is 2. The molecular formula is C14H26N4O. The molecule has 0 spiro atoms. The van der Waals surface area contributed by atoms with Crippen LogP contribution in [0.4, 0.5) is 11.6 Å². The first-order valence-electron chi connectivity index (χ1n) is 6.75. The van der Waals surface area contributed by atoms with Crippen molar-refractivity contribution >= 4 is 11.6 Å². The highest BCUT2D eigenvalue weighted by molar-refractivity contribution is 5.58. The van der Waals surface area contributed by atoms with Crippen molar-refractivity contribution < 1.29 is 5.11 Å². The lowest BCUT2D eigenvalue weighted by molar-refractivity contribution is 0.0238. The van der Waals surface area contributed by atoms with Gasteiger partial charge in [0.25, 0.3) is 0 Å². The first kappa shape index (κ1) is 15.7. The summed E-state index contributed by atoms with van der Waals surface area (Å²) >= 11 is 0. The number of anilines is 2. The van der Waals surface area contributed by atoms with Crippen LogP contribution in [0.15, 0.2) is 6.33 Å². The van der Waals surface area contributed by atoms with E-state index in [0.29, 0.717) is 0 Å². The van der Waals surface area contributed by atoms with E-state index in [1.54, 1.807) is 13.8 Å². The van der Waals surface area contributed by atoms with Gasteiger partial charge < -0.3 is 15.7 Å². The SMILES string of the molecule is CCCc1c(NC)ncnc1NC(C)(C)C(C)(C)O. The van der Waals surface area contributed by atoms with Crippen molar-refractivity contribution in [1.82, 2.24) is 9.97 Å². The van der Waals surface area contributed by atoms with Gasteiger partial charge in [0.1, 0.15) is 18.0 Å². The Morgan fingerprint density at radius 3 is 2.21 bits per heavy atom. The van der Waals surface area contributed by atoms with Crippen LogP contribution in [-0.2, 0) is 6.42 Å². The molecule has 0 unspecified atom stereocenters. The molecule has 0 radical (unpaired) electrons. The minimum absolute atomic E-state index is 0.491. The summed E-state index contributed by atoms with van der Waals surface area (Å²) in [7, 11) is 1.85. The average Bonchev–Trinajstić information content (AvgIpc) is 2.29. The smallest absolute Gasteiger partial charge is 0.135 e. The highest BCUT2D eigenvalue weighted by Crippen LogP contribution is 2.29. The van der Waals surface area contributed by atoms with E-state index in [4.69, 9.17) is 0 Å². The molecule has 0 saturated heterocycles. The quantitative estimate of drug-likeness (QED) is 0.737. The van der Waals surface area contributed by atoms with Crippen molar-refractivity contribution in [3.8, 4) is 0 Å². The van der Waals surface area contributed by atoms with E-state index in [2.05, 4.69) is 27.5 Å². The molecule has 1 heterocycles. The van der Waals surface area contributed by atoms with Crippen molar-refractivity contribution in [2.45, 2.75) is 58.6 Å². The zero-order valence-corrected chi connectivity index (χ0v) is 12.8. The third kappa shape index (κ3) is 3.56. The van der Waals surface area contributed by atoms with Gasteiger partial charge in [-0.3, -0.25) is 0 Å². The molecule has 19 heavy (non-hydrogen) atoms. The standard InChI is InChI=1S/C14H26N4O/c1-7-8-10-11(15-6)16-9-17-12(10)18-13(2,3)14(4,5)19/h9,19H,7-8H2,1-6H3,(H2,15,16,17,18). The van der Waals surface area contributed by atoms with Crippen molar-refractivity contribution in [2.24, 2.45) is 0 Å². The topological polar surface area (TPSA) is 70.1 Å². The Hall–Kier alpha value is -1.36. The lowest BCUT2D eigenvalue weighted by Crippen LogP contribution is -2.51. The average molecular weight is 266 g/mol. The lowest BCUT2D eigenvalue weighted by atomic mass is 9.86. The molecule has 5 heteroatoms. The third-order valence-corrected chi connectivity index (χ3v) is 3.64. The molecule has 1 rings (SSSR count). The molecule has 0 aliphatic carbocycles. The fourth-order valence-corrected chi connectivity index (χ4v) is 1.67. The van der Waals surface area contributed by atoms with Crippen molar-refractivity contribution in [3.05, 3.63) is 11.9 Å². The molecule has 3 N–H and O–H groups in total. The van der Waals surface area contributed by atoms with Gasteiger partial charge in [0.2, 0.25) is 0 Å². The summed E-state index contributed by atoms with van der Waals surface area (Å²) in [5, 5.41) is 16.7. The summed E-state index contributed by atoms with van der Waals surface area (Å²) in [5.41, 5.74) is -0.291. The number of nitrogens with one attached hydrogen (secondary N) is 2. The van der Waals surface area contributed by atoms with Gasteiger partial charge in [-0.05, 0) is 34.1 Å². The maximum Gasteiger partial charge on any atom is 0.135 e. The van der Waals surface area contributed by atoms with Gasteiger partial charge in [0.05, 0.1) is 11.1 Å². The van der Waals surface area contributed by atoms with Gasteiger partial charge in [-0.25, -0.2) is 9.97 Å². The van der Waals surface area contributed by atoms with Gasteiger partial charge >= 0.3 is 0 Å². The largest absolute Gasteiger partial charge is 0.388 e. The molecule has 108 valence electrons. The molecule has 0 amide bonds. The Kier molecular flexibility index (Phi) is 4.74. The van der Waals surface area contributed by atoms with E-state index in [1.165, 1.54) is 6.33 Å². The van der Waals surface area contributed by atoms with E-state index >= 15 is 0 Å². The van der Waals surface area contributed by atoms with Crippen molar-refractivity contribution in [2.75, 3.05) is 17.7 Å². The van der Waals surface area contributed by atoms with Crippen LogP contribution in [0.3, 0.4) is 0 Å². The van der Waals surface area contributed by atoms with Gasteiger partial charge in [0.15, 0.2) is 0 Å². The maximum absolute atomic E-state index is 10.2. The lowest BCUT2D eigenvalue weighted by Gasteiger charge is -2.39. The van der Waals surface area contributed by atoms with Crippen LogP contribution >= 0.6 is 0 Å². The number of nitrogens with zero attached hydrogens (tertiary/aromatic N) is 2. The Bertz CT molecular complexity index is 424. The Balaban J connectivity index is 3.14. The van der Waals surface area contributed by atoms with E-state index in [9.17, 15) is 5.11 Å². The number of aliphatic hydroxyl groups is 1. The third-order valence-electron chi connectivity index (χ3n) is 3.64. The molecule has 0 aromatic carbocycles. The van der Waals surface area contributed by atoms with Crippen molar-refractivity contribution in [1.29, 1.82) is 0 Å². The van der Waals surface area contributed by atoms with Gasteiger partial charge in [0, 0.05) is 12.6 Å². The summed E-state index contributed by atoms with van der Waals surface area (Å²) in [6, 6.07) is 0. The molecule has 0 atom stereocenters. The van der Waals surface area contributed by atoms with Crippen LogP contribution in [-0.4, -0.2) is 33.3 Å². The molecule has 0 aliphatic rings. The predicted octanol–water partition coefficient (Wildman–Crippen LogP) is 2.43. The van der Waals surface area contributed by atoms with Crippen LogP contribution in [0, 0.1) is 0 Å². The molecule has 1 aromatic heterocycles. The monoisotopic (exact) mass is 266 g/mol. The van der Waals surface area contributed by atoms with Gasteiger partial charge in [-0.1, -0.05) is 13.3 Å². The van der Waals surface area contributed by atoms with E-state index in [-0.39, 0.29) is 0 Å². The van der Waals surface area contributed by atoms with Crippen LogP contribution < -0.4 is 10.6 Å². The molecule has 1 aromatic rings. The molecule has 0 bridgehead atoms. The zero-order valence-electron chi connectivity index (χ0n) is 12.8. The molecule has 5 nitrogen and oxygen atoms in total. The summed E-state index contributed by atoms with van der Waals surface area (Å²) in [4.78, 5) is 8.58. The van der Waals surface area contributed by atoms with Crippen LogP contribution in [0.25, 0.3) is 0 Å². The minimum Gasteiger partial charge on any atom is -0.388 e. The maximum atomic E-state index is 10.2. The molecular weight excluding hydrogens is 240 g/mol. The van der Waals surface area contributed by atoms with Crippen LogP contribution in [0.5, 0.6) is 0 Å². The van der Waals surface area contributed by atoms with E-state index < -0.39 is 11.1 Å². The number of hydrogen-bond donors (Lipinski definition) is 3. The first-order valence-corrected chi connectivity index (χ1v) is 6.75. The fourth-order valence-electron chi connectivity index (χ4n) is 1.67. The summed E-state index contributed by atoms with van der Waals surface area (Å²) in [6.45, 7) is 9.63. The fraction of sp³-hybridized carbons (Fsp3) is 0.714. The molecule has 0 saturated carbocycles. The van der Waals surface area contributed by atoms with Crippen LogP contribution in [0.1, 0.15) is 46.6 Å². The summed E-state index contributed by atoms with van der Waals surface area (Å²) < 4.78 is 0. The Morgan fingerprint density at radius 1 is 1.16 bits per heavy atom. The second-order valence-corrected chi connectivity index (χ2v) is 5.86. The summed E-state index contributed by atoms with van der Waals surface area (Å²) in [5.74, 6) is 1.62. The first-order chi connectivity index (χ1) is 8.73. The van der Waals surface area contributed by atoms with E-state index in [0.717, 1.165) is 30.0 Å². The summed E-state index contributed by atoms with van der Waals surface area (Å²) in [6.07, 6.45) is 3.44. The Morgan fingerprint density at radius 2 is 1.74 bits per heavy atom. The van der Waals surface area contributed by atoms with Gasteiger partial charge in [-0.2, -0.15) is 0 Å². The highest BCUT2D eigenvalue weighted by Gasteiger charge is 2.35. The predicted molar refractivity (Wildman–Crippen MR) is 79.6 cm³/mol. The normalized spacial score (nSPS) is 12.4.